The molecule has 2 aliphatic heterocycles. The number of amides is 1. The summed E-state index contributed by atoms with van der Waals surface area (Å²) in [6, 6.07) is 3.84. The Balaban J connectivity index is 1.75. The van der Waals surface area contributed by atoms with Gasteiger partial charge in [0, 0.05) is 38.8 Å². The Kier molecular flexibility index (Phi) is 3.73. The van der Waals surface area contributed by atoms with Crippen LogP contribution in [0.4, 0.5) is 17.1 Å². The first-order valence-electron chi connectivity index (χ1n) is 7.21. The number of nitrogens with one attached hydrogen (secondary N) is 2. The van der Waals surface area contributed by atoms with Crippen molar-refractivity contribution in [3.8, 4) is 0 Å². The van der Waals surface area contributed by atoms with Crippen molar-refractivity contribution < 1.29 is 14.3 Å². The lowest BCUT2D eigenvalue weighted by Crippen LogP contribution is -2.39. The summed E-state index contributed by atoms with van der Waals surface area (Å²) in [5, 5.41) is 6.22. The molecule has 1 unspecified atom stereocenters. The van der Waals surface area contributed by atoms with Gasteiger partial charge >= 0.3 is 0 Å². The minimum atomic E-state index is -0.281. The van der Waals surface area contributed by atoms with Crippen LogP contribution in [0.3, 0.4) is 0 Å². The highest BCUT2D eigenvalue weighted by atomic mass is 16.5. The van der Waals surface area contributed by atoms with Gasteiger partial charge in [0.25, 0.3) is 0 Å². The Morgan fingerprint density at radius 1 is 1.48 bits per heavy atom. The van der Waals surface area contributed by atoms with E-state index >= 15 is 0 Å². The molecule has 0 radical (unpaired) electrons. The average molecular weight is 291 g/mol. The molecule has 2 aliphatic rings. The molecule has 1 atom stereocenters. The number of nitrogen functional groups attached to an aromatic ring is 1. The summed E-state index contributed by atoms with van der Waals surface area (Å²) in [5.74, 6) is 0.0454. The minimum absolute atomic E-state index is 0.0454. The van der Waals surface area contributed by atoms with Crippen LogP contribution >= 0.6 is 0 Å². The fourth-order valence-electron chi connectivity index (χ4n) is 2.82. The lowest BCUT2D eigenvalue weighted by atomic mass is 10.00. The van der Waals surface area contributed by atoms with E-state index in [4.69, 9.17) is 15.2 Å². The second-order valence-electron chi connectivity index (χ2n) is 5.69. The Bertz CT molecular complexity index is 553. The summed E-state index contributed by atoms with van der Waals surface area (Å²) >= 11 is 0. The maximum Gasteiger partial charge on any atom is 0.224 e. The van der Waals surface area contributed by atoms with E-state index in [1.807, 2.05) is 12.1 Å². The van der Waals surface area contributed by atoms with Gasteiger partial charge in [0.1, 0.15) is 5.60 Å². The summed E-state index contributed by atoms with van der Waals surface area (Å²) in [6.45, 7) is 1.97. The predicted molar refractivity (Wildman–Crippen MR) is 81.5 cm³/mol. The van der Waals surface area contributed by atoms with Crippen molar-refractivity contribution in [1.29, 1.82) is 0 Å². The molecule has 1 fully saturated rings. The molecule has 0 aromatic heterocycles. The van der Waals surface area contributed by atoms with Crippen molar-refractivity contribution >= 4 is 23.0 Å². The van der Waals surface area contributed by atoms with Gasteiger partial charge in [-0.05, 0) is 24.1 Å². The summed E-state index contributed by atoms with van der Waals surface area (Å²) in [4.78, 5) is 11.4. The van der Waals surface area contributed by atoms with Crippen molar-refractivity contribution in [3.05, 3.63) is 17.7 Å². The second-order valence-corrected chi connectivity index (χ2v) is 5.69. The monoisotopic (exact) mass is 291 g/mol. The molecule has 6 heteroatoms. The number of ether oxygens (including phenoxy) is 2. The summed E-state index contributed by atoms with van der Waals surface area (Å²) in [6.07, 6.45) is 2.14. The Morgan fingerprint density at radius 3 is 3.05 bits per heavy atom. The zero-order valence-electron chi connectivity index (χ0n) is 12.2. The lowest BCUT2D eigenvalue weighted by molar-refractivity contribution is -0.116. The number of anilines is 3. The molecular weight excluding hydrogens is 270 g/mol. The number of rotatable bonds is 4. The molecule has 0 aliphatic carbocycles. The molecule has 3 rings (SSSR count). The van der Waals surface area contributed by atoms with Gasteiger partial charge in [-0.25, -0.2) is 0 Å². The molecule has 0 saturated carbocycles. The van der Waals surface area contributed by atoms with Crippen LogP contribution in [0, 0.1) is 0 Å². The van der Waals surface area contributed by atoms with E-state index in [2.05, 4.69) is 10.6 Å². The Hall–Kier alpha value is -1.79. The highest BCUT2D eigenvalue weighted by molar-refractivity contribution is 5.95. The minimum Gasteiger partial charge on any atom is -0.397 e. The van der Waals surface area contributed by atoms with Crippen molar-refractivity contribution in [1.82, 2.24) is 0 Å². The Labute approximate surface area is 124 Å². The first-order valence-corrected chi connectivity index (χ1v) is 7.21. The smallest absolute Gasteiger partial charge is 0.224 e. The van der Waals surface area contributed by atoms with Gasteiger partial charge in [-0.1, -0.05) is 0 Å². The number of hydrogen-bond acceptors (Lipinski definition) is 5. The average Bonchev–Trinajstić information content (AvgIpc) is 2.94. The van der Waals surface area contributed by atoms with Gasteiger partial charge in [-0.15, -0.1) is 0 Å². The van der Waals surface area contributed by atoms with E-state index in [0.717, 1.165) is 36.4 Å². The maximum absolute atomic E-state index is 11.4. The number of carbonyl (C=O) groups is 1. The van der Waals surface area contributed by atoms with Crippen LogP contribution in [0.15, 0.2) is 12.1 Å². The van der Waals surface area contributed by atoms with Gasteiger partial charge < -0.3 is 25.8 Å². The third-order valence-electron chi connectivity index (χ3n) is 4.27. The number of nitrogens with two attached hydrogens (primary N) is 1. The molecule has 2 heterocycles. The van der Waals surface area contributed by atoms with Crippen molar-refractivity contribution in [2.75, 3.05) is 43.2 Å². The van der Waals surface area contributed by atoms with Crippen molar-refractivity contribution in [2.45, 2.75) is 24.9 Å². The molecule has 4 N–H and O–H groups in total. The predicted octanol–water partition coefficient (Wildman–Crippen LogP) is 1.37. The van der Waals surface area contributed by atoms with Crippen molar-refractivity contribution in [3.63, 3.8) is 0 Å². The molecule has 1 saturated heterocycles. The summed E-state index contributed by atoms with van der Waals surface area (Å²) in [7, 11) is 1.71. The number of methoxy groups -OCH3 is 1. The van der Waals surface area contributed by atoms with E-state index in [9.17, 15) is 4.79 Å². The number of aryl methyl sites for hydroxylation is 1. The fraction of sp³-hybridized carbons (Fsp3) is 0.533. The number of hydrogen-bond donors (Lipinski definition) is 3. The maximum atomic E-state index is 11.4. The Morgan fingerprint density at radius 2 is 2.33 bits per heavy atom. The van der Waals surface area contributed by atoms with Gasteiger partial charge in [0.15, 0.2) is 0 Å². The molecule has 21 heavy (non-hydrogen) atoms. The number of fused-ring (bicyclic) bond motifs is 1. The van der Waals surface area contributed by atoms with Crippen LogP contribution in [0.25, 0.3) is 0 Å². The molecule has 114 valence electrons. The lowest BCUT2D eigenvalue weighted by Gasteiger charge is -2.27. The molecular formula is C15H21N3O3. The van der Waals surface area contributed by atoms with Crippen molar-refractivity contribution in [2.24, 2.45) is 0 Å². The van der Waals surface area contributed by atoms with Crippen LogP contribution in [0.1, 0.15) is 18.4 Å². The van der Waals surface area contributed by atoms with Crippen LogP contribution in [0.2, 0.25) is 0 Å². The van der Waals surface area contributed by atoms with E-state index in [1.54, 1.807) is 7.11 Å². The first kappa shape index (κ1) is 14.2. The molecule has 1 aromatic carbocycles. The molecule has 1 amide bonds. The number of carbonyl (C=O) groups excluding carboxylic acids is 1. The molecule has 6 nitrogen and oxygen atoms in total. The van der Waals surface area contributed by atoms with Gasteiger partial charge in [0.05, 0.1) is 18.0 Å². The summed E-state index contributed by atoms with van der Waals surface area (Å²) in [5.41, 5.74) is 9.23. The second kappa shape index (κ2) is 5.54. The first-order chi connectivity index (χ1) is 10.1. The quantitative estimate of drug-likeness (QED) is 0.730. The van der Waals surface area contributed by atoms with Gasteiger partial charge in [-0.2, -0.15) is 0 Å². The highest BCUT2D eigenvalue weighted by Crippen LogP contribution is 2.32. The molecule has 0 spiro atoms. The normalized spacial score (nSPS) is 24.5. The van der Waals surface area contributed by atoms with Crippen LogP contribution < -0.4 is 16.4 Å². The van der Waals surface area contributed by atoms with Crippen LogP contribution in [-0.2, 0) is 20.7 Å². The third kappa shape index (κ3) is 2.82. The van der Waals surface area contributed by atoms with Crippen LogP contribution in [0.5, 0.6) is 0 Å². The van der Waals surface area contributed by atoms with Gasteiger partial charge in [0.2, 0.25) is 5.91 Å². The van der Waals surface area contributed by atoms with E-state index in [1.165, 1.54) is 0 Å². The molecule has 0 bridgehead atoms. The topological polar surface area (TPSA) is 85.6 Å². The fourth-order valence-corrected chi connectivity index (χ4v) is 2.82. The van der Waals surface area contributed by atoms with Crippen LogP contribution in [-0.4, -0.2) is 38.4 Å². The summed E-state index contributed by atoms with van der Waals surface area (Å²) < 4.78 is 11.0. The zero-order valence-corrected chi connectivity index (χ0v) is 12.2. The third-order valence-corrected chi connectivity index (χ3v) is 4.27. The van der Waals surface area contributed by atoms with E-state index in [-0.39, 0.29) is 11.5 Å². The highest BCUT2D eigenvalue weighted by Gasteiger charge is 2.34. The van der Waals surface area contributed by atoms with Gasteiger partial charge in [-0.3, -0.25) is 4.79 Å². The largest absolute Gasteiger partial charge is 0.397 e. The SMILES string of the molecule is COC1(CNc2cc3c(cc2N)NC(=O)CC3)CCOC1. The number of benzene rings is 1. The van der Waals surface area contributed by atoms with E-state index in [0.29, 0.717) is 25.3 Å². The molecule has 1 aromatic rings. The van der Waals surface area contributed by atoms with E-state index < -0.39 is 0 Å². The standard InChI is InChI=1S/C15H21N3O3/c1-20-15(4-5-21-9-15)8-17-13-6-10-2-3-14(19)18-12(10)7-11(13)16/h6-7,17H,2-5,8-9,16H2,1H3,(H,18,19). The zero-order chi connectivity index (χ0) is 14.9.